The minimum absolute atomic E-state index is 0. The third kappa shape index (κ3) is 30.7. The molecule has 0 aromatic rings. The van der Waals surface area contributed by atoms with Crippen molar-refractivity contribution in [1.82, 2.24) is 0 Å². The summed E-state index contributed by atoms with van der Waals surface area (Å²) in [6.07, 6.45) is 0. The smallest absolute Gasteiger partial charge is 2.00 e. The van der Waals surface area contributed by atoms with Gasteiger partial charge in [0.1, 0.15) is 0 Å². The summed E-state index contributed by atoms with van der Waals surface area (Å²) in [6.45, 7) is 0. The van der Waals surface area contributed by atoms with E-state index in [1.807, 2.05) is 0 Å². The van der Waals surface area contributed by atoms with Gasteiger partial charge in [0.2, 0.25) is 0 Å². The molecule has 30 valence electrons. The van der Waals surface area contributed by atoms with Gasteiger partial charge in [0, 0.05) is 0 Å². The molecule has 0 aliphatic carbocycles. The van der Waals surface area contributed by atoms with Crippen molar-refractivity contribution in [1.29, 1.82) is 0 Å². The van der Waals surface area contributed by atoms with E-state index in [2.05, 4.69) is 0 Å². The second-order valence-electron chi connectivity index (χ2n) is 0. The van der Waals surface area contributed by atoms with Gasteiger partial charge in [-0.25, -0.2) is 0 Å². The standard InChI is InChI=1S/3O.2Te/q3*-2;2*+3. The molecule has 3 nitrogen and oxygen atoms in total. The van der Waals surface area contributed by atoms with Crippen molar-refractivity contribution in [2.75, 3.05) is 0 Å². The normalized spacial score (nSPS) is 0. The van der Waals surface area contributed by atoms with Crippen molar-refractivity contribution in [3.8, 4) is 0 Å². The molecule has 0 spiro atoms. The van der Waals surface area contributed by atoms with E-state index >= 15 is 0 Å². The second kappa shape index (κ2) is 51.0. The summed E-state index contributed by atoms with van der Waals surface area (Å²) in [6, 6.07) is 0. The summed E-state index contributed by atoms with van der Waals surface area (Å²) in [5.74, 6) is 0. The predicted molar refractivity (Wildman–Crippen MR) is 13.6 cm³/mol. The van der Waals surface area contributed by atoms with Crippen LogP contribution in [0.15, 0.2) is 0 Å². The first-order valence-electron chi connectivity index (χ1n) is 0. The third-order valence-electron chi connectivity index (χ3n) is 0. The maximum Gasteiger partial charge on any atom is 3.00 e. The summed E-state index contributed by atoms with van der Waals surface area (Å²) in [4.78, 5) is 0. The maximum atomic E-state index is 0. The fourth-order valence-electron chi connectivity index (χ4n) is 0. The first-order chi connectivity index (χ1) is 0. The van der Waals surface area contributed by atoms with Crippen molar-refractivity contribution in [2.45, 2.75) is 0 Å². The van der Waals surface area contributed by atoms with Gasteiger partial charge in [-0.2, -0.15) is 0 Å². The SMILES string of the molecule is [O-2].[O-2].[O-2].[Te+3].[Te+3]. The molecule has 0 saturated heterocycles. The molecule has 0 aromatic heterocycles. The fraction of sp³-hybridized carbons (Fsp3) is 0. The molecule has 0 aliphatic heterocycles. The summed E-state index contributed by atoms with van der Waals surface area (Å²) in [5, 5.41) is 0. The topological polar surface area (TPSA) is 85.5 Å². The Balaban J connectivity index is 0. The molecule has 5 heavy (non-hydrogen) atoms. The molecule has 0 amide bonds. The molecule has 0 unspecified atom stereocenters. The number of rotatable bonds is 0. The van der Waals surface area contributed by atoms with Gasteiger partial charge in [0.25, 0.3) is 0 Å². The van der Waals surface area contributed by atoms with Gasteiger partial charge in [-0.1, -0.05) is 0 Å². The first-order valence-corrected chi connectivity index (χ1v) is 0. The molecule has 0 rings (SSSR count). The molecule has 0 aromatic carbocycles. The van der Waals surface area contributed by atoms with Crippen LogP contribution in [0.1, 0.15) is 0 Å². The number of hydrogen-bond acceptors (Lipinski definition) is 0. The Kier molecular flexibility index (Phi) is 922. The van der Waals surface area contributed by atoms with Gasteiger partial charge in [-0.15, -0.1) is 0 Å². The zero-order chi connectivity index (χ0) is 0. The summed E-state index contributed by atoms with van der Waals surface area (Å²) in [7, 11) is 0. The van der Waals surface area contributed by atoms with Crippen molar-refractivity contribution >= 4 is 47.3 Å². The monoisotopic (exact) mass is 308 g/mol. The Morgan fingerprint density at radius 3 is 0.400 bits per heavy atom. The van der Waals surface area contributed by atoms with Crippen molar-refractivity contribution in [3.05, 3.63) is 0 Å². The largest absolute Gasteiger partial charge is 3.00 e. The van der Waals surface area contributed by atoms with E-state index < -0.39 is 0 Å². The van der Waals surface area contributed by atoms with Crippen LogP contribution in [0.4, 0.5) is 0 Å². The fourth-order valence-corrected chi connectivity index (χ4v) is 0. The molecule has 0 saturated carbocycles. The molecule has 0 atom stereocenters. The molecule has 0 N–H and O–H groups in total. The average molecular weight is 303 g/mol. The molecule has 0 fully saturated rings. The van der Waals surface area contributed by atoms with Crippen LogP contribution in [0.5, 0.6) is 0 Å². The molecule has 0 bridgehead atoms. The summed E-state index contributed by atoms with van der Waals surface area (Å²) < 4.78 is 0. The Bertz CT molecular complexity index is 4.85. The molecular formula is O3Te2. The van der Waals surface area contributed by atoms with Gasteiger partial charge < -0.3 is 16.4 Å². The Morgan fingerprint density at radius 2 is 0.400 bits per heavy atom. The predicted octanol–water partition coefficient (Wildman–Crippen LogP) is -1.12. The van der Waals surface area contributed by atoms with Crippen LogP contribution in [0, 0.1) is 0 Å². The molecule has 0 aliphatic rings. The van der Waals surface area contributed by atoms with Crippen LogP contribution in [0.25, 0.3) is 0 Å². The zero-order valence-corrected chi connectivity index (χ0v) is 6.70. The number of hydrogen-bond donors (Lipinski definition) is 0. The van der Waals surface area contributed by atoms with Crippen LogP contribution in [0.3, 0.4) is 0 Å². The van der Waals surface area contributed by atoms with Crippen LogP contribution in [-0.2, 0) is 16.4 Å². The van der Waals surface area contributed by atoms with Crippen LogP contribution in [0.2, 0.25) is 0 Å². The maximum absolute atomic E-state index is 0. The quantitative estimate of drug-likeness (QED) is 0.508. The van der Waals surface area contributed by atoms with Crippen LogP contribution < -0.4 is 0 Å². The van der Waals surface area contributed by atoms with E-state index in [1.54, 1.807) is 0 Å². The summed E-state index contributed by atoms with van der Waals surface area (Å²) in [5.41, 5.74) is 0. The van der Waals surface area contributed by atoms with E-state index in [0.717, 1.165) is 0 Å². The van der Waals surface area contributed by atoms with Crippen LogP contribution in [-0.4, -0.2) is 47.3 Å². The first kappa shape index (κ1) is 90.4. The van der Waals surface area contributed by atoms with Gasteiger partial charge in [0.05, 0.1) is 0 Å². The Labute approximate surface area is 63.5 Å². The van der Waals surface area contributed by atoms with E-state index in [-0.39, 0.29) is 63.8 Å². The van der Waals surface area contributed by atoms with Gasteiger partial charge >= 0.3 is 47.3 Å². The minimum Gasteiger partial charge on any atom is -2.00 e. The van der Waals surface area contributed by atoms with Gasteiger partial charge in [-0.05, 0) is 0 Å². The van der Waals surface area contributed by atoms with E-state index in [1.165, 1.54) is 0 Å². The van der Waals surface area contributed by atoms with Crippen molar-refractivity contribution in [2.24, 2.45) is 0 Å². The average Bonchev–Trinajstić information content (AvgIpc) is 0. The third-order valence-corrected chi connectivity index (χ3v) is 0. The van der Waals surface area contributed by atoms with Crippen molar-refractivity contribution < 1.29 is 16.4 Å². The van der Waals surface area contributed by atoms with Gasteiger partial charge in [-0.3, -0.25) is 0 Å². The van der Waals surface area contributed by atoms with Crippen molar-refractivity contribution in [3.63, 3.8) is 0 Å². The molecule has 6 radical (unpaired) electrons. The van der Waals surface area contributed by atoms with Crippen LogP contribution >= 0.6 is 0 Å². The minimum atomic E-state index is 0. The summed E-state index contributed by atoms with van der Waals surface area (Å²) >= 11 is 0. The van der Waals surface area contributed by atoms with E-state index in [0.29, 0.717) is 0 Å². The molecule has 0 heterocycles. The Hall–Kier alpha value is 1.46. The van der Waals surface area contributed by atoms with E-state index in [9.17, 15) is 0 Å². The van der Waals surface area contributed by atoms with E-state index in [4.69, 9.17) is 0 Å². The zero-order valence-electron chi connectivity index (χ0n) is 2.04. The van der Waals surface area contributed by atoms with Gasteiger partial charge in [0.15, 0.2) is 0 Å². The second-order valence-corrected chi connectivity index (χ2v) is 0. The Morgan fingerprint density at radius 1 is 0.400 bits per heavy atom. The molecule has 5 heteroatoms. The molecular weight excluding hydrogens is 303 g/mol.